The number of carbonyl (C=O) groups is 1. The minimum atomic E-state index is 0.118. The van der Waals surface area contributed by atoms with Crippen LogP contribution in [0, 0.1) is 5.92 Å². The predicted octanol–water partition coefficient (Wildman–Crippen LogP) is 5.91. The Hall–Kier alpha value is -2.73. The number of likely N-dealkylation sites (tertiary alicyclic amines) is 1. The van der Waals surface area contributed by atoms with Crippen molar-refractivity contribution in [2.24, 2.45) is 13.0 Å². The molecule has 6 heteroatoms. The molecule has 0 spiro atoms. The van der Waals surface area contributed by atoms with Crippen LogP contribution in [-0.4, -0.2) is 40.1 Å². The minimum absolute atomic E-state index is 0.118. The van der Waals surface area contributed by atoms with Crippen molar-refractivity contribution in [2.45, 2.75) is 38.6 Å². The van der Waals surface area contributed by atoms with Gasteiger partial charge in [-0.05, 0) is 73.7 Å². The van der Waals surface area contributed by atoms with Gasteiger partial charge in [0.1, 0.15) is 10.6 Å². The molecule has 5 nitrogen and oxygen atoms in total. The van der Waals surface area contributed by atoms with E-state index in [9.17, 15) is 4.79 Å². The molecule has 4 heterocycles. The van der Waals surface area contributed by atoms with Gasteiger partial charge >= 0.3 is 0 Å². The topological polar surface area (TPSA) is 39.4 Å². The summed E-state index contributed by atoms with van der Waals surface area (Å²) >= 11 is 1.82. The average Bonchev–Trinajstić information content (AvgIpc) is 3.27. The number of hydrogen-bond donors (Lipinski definition) is 0. The number of nitrogens with zero attached hydrogens (tertiary/aromatic N) is 3. The normalized spacial score (nSPS) is 16.9. The number of methoxy groups -OCH3 is 1. The fourth-order valence-electron chi connectivity index (χ4n) is 5.19. The van der Waals surface area contributed by atoms with E-state index in [1.54, 1.807) is 7.11 Å². The maximum Gasteiger partial charge on any atom is 0.254 e. The summed E-state index contributed by atoms with van der Waals surface area (Å²) < 4.78 is 10.5. The first kappa shape index (κ1) is 19.9. The third kappa shape index (κ3) is 3.24. The summed E-state index contributed by atoms with van der Waals surface area (Å²) in [6, 6.07) is 10.7. The molecule has 1 aromatic carbocycles. The van der Waals surface area contributed by atoms with Gasteiger partial charge in [0.2, 0.25) is 0 Å². The number of amides is 1. The Morgan fingerprint density at radius 1 is 1.06 bits per heavy atom. The molecule has 0 unspecified atom stereocenters. The van der Waals surface area contributed by atoms with Crippen LogP contribution in [0.5, 0.6) is 5.75 Å². The van der Waals surface area contributed by atoms with Crippen molar-refractivity contribution in [3.05, 3.63) is 41.3 Å². The lowest BCUT2D eigenvalue weighted by molar-refractivity contribution is 0.0724. The van der Waals surface area contributed by atoms with Crippen LogP contribution < -0.4 is 4.74 Å². The summed E-state index contributed by atoms with van der Waals surface area (Å²) in [4.78, 5) is 16.5. The third-order valence-corrected chi connectivity index (χ3v) is 8.06. The van der Waals surface area contributed by atoms with Gasteiger partial charge in [-0.25, -0.2) is 0 Å². The molecule has 6 rings (SSSR count). The van der Waals surface area contributed by atoms with Gasteiger partial charge in [0.25, 0.3) is 5.91 Å². The van der Waals surface area contributed by atoms with Gasteiger partial charge in [-0.2, -0.15) is 0 Å². The summed E-state index contributed by atoms with van der Waals surface area (Å²) in [6.45, 7) is 2.78. The minimum Gasteiger partial charge on any atom is -0.495 e. The first-order chi connectivity index (χ1) is 15.6. The second-order valence-electron chi connectivity index (χ2n) is 9.32. The molecule has 0 bridgehead atoms. The lowest BCUT2D eigenvalue weighted by Gasteiger charge is -2.27. The van der Waals surface area contributed by atoms with Gasteiger partial charge in [-0.15, -0.1) is 11.3 Å². The summed E-state index contributed by atoms with van der Waals surface area (Å²) in [5, 5.41) is 4.55. The quantitative estimate of drug-likeness (QED) is 0.382. The van der Waals surface area contributed by atoms with Gasteiger partial charge in [-0.3, -0.25) is 4.79 Å². The number of aryl methyl sites for hydroxylation is 1. The Kier molecular flexibility index (Phi) is 4.79. The standard InChI is InChI=1S/C26H29N3O2S/c1-27-21(22-13-18-8-11-32-26(18)29(22)16-17-6-7-17)14-19-12-20(15-23(31-2)24(19)27)25(30)28-9-4-3-5-10-28/h8,11-15,17H,3-7,9-10,16H2,1-2H3. The Bertz CT molecular complexity index is 1320. The first-order valence-electron chi connectivity index (χ1n) is 11.7. The van der Waals surface area contributed by atoms with Crippen LogP contribution in [0.4, 0.5) is 0 Å². The molecule has 1 amide bonds. The highest BCUT2D eigenvalue weighted by Crippen LogP contribution is 2.40. The number of rotatable bonds is 5. The van der Waals surface area contributed by atoms with Gasteiger partial charge in [0, 0.05) is 43.0 Å². The largest absolute Gasteiger partial charge is 0.495 e. The maximum atomic E-state index is 13.2. The van der Waals surface area contributed by atoms with E-state index in [0.717, 1.165) is 60.6 Å². The van der Waals surface area contributed by atoms with Crippen molar-refractivity contribution in [2.75, 3.05) is 20.2 Å². The van der Waals surface area contributed by atoms with Crippen molar-refractivity contribution in [3.8, 4) is 17.1 Å². The number of piperidine rings is 1. The van der Waals surface area contributed by atoms with Crippen molar-refractivity contribution < 1.29 is 9.53 Å². The van der Waals surface area contributed by atoms with Crippen LogP contribution in [0.3, 0.4) is 0 Å². The molecule has 0 N–H and O–H groups in total. The average molecular weight is 448 g/mol. The zero-order chi connectivity index (χ0) is 21.8. The Morgan fingerprint density at radius 2 is 1.84 bits per heavy atom. The monoisotopic (exact) mass is 447 g/mol. The smallest absolute Gasteiger partial charge is 0.254 e. The molecule has 0 radical (unpaired) electrons. The first-order valence-corrected chi connectivity index (χ1v) is 12.6. The molecule has 2 aliphatic rings. The van der Waals surface area contributed by atoms with Crippen molar-refractivity contribution in [1.29, 1.82) is 0 Å². The molecule has 3 aromatic heterocycles. The van der Waals surface area contributed by atoms with Crippen molar-refractivity contribution in [1.82, 2.24) is 14.0 Å². The highest BCUT2D eigenvalue weighted by atomic mass is 32.1. The highest BCUT2D eigenvalue weighted by Gasteiger charge is 2.26. The Morgan fingerprint density at radius 3 is 2.59 bits per heavy atom. The predicted molar refractivity (Wildman–Crippen MR) is 131 cm³/mol. The van der Waals surface area contributed by atoms with E-state index in [0.29, 0.717) is 0 Å². The molecule has 32 heavy (non-hydrogen) atoms. The van der Waals surface area contributed by atoms with Crippen molar-refractivity contribution in [3.63, 3.8) is 0 Å². The van der Waals surface area contributed by atoms with Crippen LogP contribution in [0.2, 0.25) is 0 Å². The van der Waals surface area contributed by atoms with Gasteiger partial charge in [0.15, 0.2) is 0 Å². The second-order valence-corrected chi connectivity index (χ2v) is 10.2. The fraction of sp³-hybridized carbons (Fsp3) is 0.423. The molecule has 1 aliphatic carbocycles. The van der Waals surface area contributed by atoms with E-state index < -0.39 is 0 Å². The van der Waals surface area contributed by atoms with E-state index in [-0.39, 0.29) is 5.91 Å². The molecule has 1 aliphatic heterocycles. The number of fused-ring (bicyclic) bond motifs is 2. The fourth-order valence-corrected chi connectivity index (χ4v) is 6.10. The Balaban J connectivity index is 1.48. The van der Waals surface area contributed by atoms with Crippen molar-refractivity contribution >= 4 is 38.4 Å². The number of benzene rings is 1. The number of thiophene rings is 1. The molecular formula is C26H29N3O2S. The van der Waals surface area contributed by atoms with Gasteiger partial charge < -0.3 is 18.8 Å². The molecular weight excluding hydrogens is 418 g/mol. The van der Waals surface area contributed by atoms with Gasteiger partial charge in [0.05, 0.1) is 24.0 Å². The second kappa shape index (κ2) is 7.69. The van der Waals surface area contributed by atoms with E-state index in [1.807, 2.05) is 22.3 Å². The SMILES string of the molecule is COc1cc(C(=O)N2CCCCC2)cc2cc(-c3cc4ccsc4n3CC3CC3)n(C)c12. The van der Waals surface area contributed by atoms with E-state index in [1.165, 1.54) is 40.9 Å². The molecule has 0 atom stereocenters. The lowest BCUT2D eigenvalue weighted by Crippen LogP contribution is -2.35. The van der Waals surface area contributed by atoms with E-state index >= 15 is 0 Å². The molecule has 1 saturated heterocycles. The van der Waals surface area contributed by atoms with E-state index in [2.05, 4.69) is 45.8 Å². The highest BCUT2D eigenvalue weighted by molar-refractivity contribution is 7.16. The van der Waals surface area contributed by atoms with Gasteiger partial charge in [-0.1, -0.05) is 0 Å². The maximum absolute atomic E-state index is 13.2. The van der Waals surface area contributed by atoms with Crippen LogP contribution in [0.25, 0.3) is 32.5 Å². The lowest BCUT2D eigenvalue weighted by atomic mass is 10.1. The zero-order valence-corrected chi connectivity index (χ0v) is 19.6. The number of ether oxygens (including phenoxy) is 1. The molecule has 2 fully saturated rings. The van der Waals surface area contributed by atoms with Crippen LogP contribution in [-0.2, 0) is 13.6 Å². The summed E-state index contributed by atoms with van der Waals surface area (Å²) in [7, 11) is 3.80. The third-order valence-electron chi connectivity index (χ3n) is 7.11. The number of hydrogen-bond acceptors (Lipinski definition) is 3. The number of carbonyl (C=O) groups excluding carboxylic acids is 1. The molecule has 4 aromatic rings. The summed E-state index contributed by atoms with van der Waals surface area (Å²) in [5.74, 6) is 1.68. The summed E-state index contributed by atoms with van der Waals surface area (Å²) in [5.41, 5.74) is 4.19. The Labute approximate surface area is 192 Å². The van der Waals surface area contributed by atoms with E-state index in [4.69, 9.17) is 4.74 Å². The van der Waals surface area contributed by atoms with Crippen LogP contribution in [0.1, 0.15) is 42.5 Å². The number of aromatic nitrogens is 2. The zero-order valence-electron chi connectivity index (χ0n) is 18.8. The van der Waals surface area contributed by atoms with Crippen LogP contribution in [0.15, 0.2) is 35.7 Å². The summed E-state index contributed by atoms with van der Waals surface area (Å²) in [6.07, 6.45) is 6.06. The molecule has 1 saturated carbocycles. The van der Waals surface area contributed by atoms with Crippen LogP contribution >= 0.6 is 11.3 Å². The molecule has 166 valence electrons.